The molecule has 1 unspecified atom stereocenters. The van der Waals surface area contributed by atoms with Crippen molar-refractivity contribution in [1.29, 1.82) is 0 Å². The summed E-state index contributed by atoms with van der Waals surface area (Å²) in [6.07, 6.45) is 4.25. The summed E-state index contributed by atoms with van der Waals surface area (Å²) in [5, 5.41) is 3.28. The van der Waals surface area contributed by atoms with E-state index in [1.807, 2.05) is 0 Å². The lowest BCUT2D eigenvalue weighted by Gasteiger charge is -2.22. The Morgan fingerprint density at radius 2 is 2.47 bits per heavy atom. The molecule has 1 N–H and O–H groups in total. The first-order chi connectivity index (χ1) is 8.33. The summed E-state index contributed by atoms with van der Waals surface area (Å²) in [5.74, 6) is 1.24. The number of hydrogen-bond acceptors (Lipinski definition) is 5. The molecule has 1 aromatic heterocycles. The van der Waals surface area contributed by atoms with Gasteiger partial charge in [-0.2, -0.15) is 4.98 Å². The number of aromatic nitrogens is 2. The van der Waals surface area contributed by atoms with Crippen LogP contribution in [-0.2, 0) is 0 Å². The van der Waals surface area contributed by atoms with Gasteiger partial charge in [-0.25, -0.2) is 4.98 Å². The van der Waals surface area contributed by atoms with Crippen molar-refractivity contribution in [2.24, 2.45) is 0 Å². The maximum atomic E-state index is 5.07. The van der Waals surface area contributed by atoms with Crippen molar-refractivity contribution in [3.8, 4) is 5.88 Å². The van der Waals surface area contributed by atoms with Crippen molar-refractivity contribution >= 4 is 5.95 Å². The molecule has 2 rings (SSSR count). The van der Waals surface area contributed by atoms with Crippen LogP contribution in [0.3, 0.4) is 0 Å². The predicted molar refractivity (Wildman–Crippen MR) is 67.3 cm³/mol. The molecule has 1 atom stereocenters. The summed E-state index contributed by atoms with van der Waals surface area (Å²) >= 11 is 0. The Hall–Kier alpha value is -1.36. The number of methoxy groups -OCH3 is 1. The fourth-order valence-electron chi connectivity index (χ4n) is 2.29. The molecule has 1 aliphatic heterocycles. The molecule has 1 aliphatic rings. The molecule has 0 radical (unpaired) electrons. The van der Waals surface area contributed by atoms with Crippen LogP contribution < -0.4 is 10.1 Å². The van der Waals surface area contributed by atoms with Crippen LogP contribution in [0.25, 0.3) is 0 Å². The molecule has 5 nitrogen and oxygen atoms in total. The molecular formula is C12H20N4O. The van der Waals surface area contributed by atoms with E-state index in [4.69, 9.17) is 4.74 Å². The third-order valence-electron chi connectivity index (χ3n) is 3.24. The fourth-order valence-corrected chi connectivity index (χ4v) is 2.29. The molecule has 0 amide bonds. The maximum absolute atomic E-state index is 5.07. The van der Waals surface area contributed by atoms with E-state index in [1.54, 1.807) is 19.4 Å². The summed E-state index contributed by atoms with van der Waals surface area (Å²) in [7, 11) is 1.61. The van der Waals surface area contributed by atoms with E-state index >= 15 is 0 Å². The average Bonchev–Trinajstić information content (AvgIpc) is 2.84. The maximum Gasteiger partial charge on any atom is 0.225 e. The van der Waals surface area contributed by atoms with E-state index in [2.05, 4.69) is 27.1 Å². The van der Waals surface area contributed by atoms with Crippen molar-refractivity contribution in [2.45, 2.75) is 25.8 Å². The molecule has 2 heterocycles. The highest BCUT2D eigenvalue weighted by atomic mass is 16.5. The Morgan fingerprint density at radius 1 is 1.59 bits per heavy atom. The van der Waals surface area contributed by atoms with Gasteiger partial charge in [-0.3, -0.25) is 4.90 Å². The van der Waals surface area contributed by atoms with Gasteiger partial charge in [0.1, 0.15) is 0 Å². The minimum absolute atomic E-state index is 0.598. The van der Waals surface area contributed by atoms with Gasteiger partial charge in [0, 0.05) is 24.8 Å². The van der Waals surface area contributed by atoms with Crippen LogP contribution in [0, 0.1) is 0 Å². The molecule has 1 fully saturated rings. The molecule has 5 heteroatoms. The Kier molecular flexibility index (Phi) is 4.14. The number of nitrogens with one attached hydrogen (secondary N) is 1. The van der Waals surface area contributed by atoms with Gasteiger partial charge in [-0.05, 0) is 25.9 Å². The molecule has 0 saturated carbocycles. The molecule has 0 bridgehead atoms. The number of hydrogen-bond donors (Lipinski definition) is 1. The summed E-state index contributed by atoms with van der Waals surface area (Å²) in [6.45, 7) is 5.44. The molecular weight excluding hydrogens is 216 g/mol. The van der Waals surface area contributed by atoms with Crippen molar-refractivity contribution in [1.82, 2.24) is 14.9 Å². The van der Waals surface area contributed by atoms with Crippen LogP contribution in [0.1, 0.15) is 19.8 Å². The van der Waals surface area contributed by atoms with Gasteiger partial charge in [-0.1, -0.05) is 6.92 Å². The summed E-state index contributed by atoms with van der Waals surface area (Å²) < 4.78 is 5.07. The van der Waals surface area contributed by atoms with Gasteiger partial charge in [0.15, 0.2) is 0 Å². The predicted octanol–water partition coefficient (Wildman–Crippen LogP) is 1.38. The van der Waals surface area contributed by atoms with Crippen LogP contribution in [0.4, 0.5) is 5.95 Å². The number of rotatable bonds is 5. The van der Waals surface area contributed by atoms with E-state index in [0.717, 1.165) is 13.1 Å². The zero-order valence-corrected chi connectivity index (χ0v) is 10.5. The van der Waals surface area contributed by atoms with Gasteiger partial charge in [0.05, 0.1) is 7.11 Å². The first-order valence-electron chi connectivity index (χ1n) is 6.18. The first-order valence-corrected chi connectivity index (χ1v) is 6.18. The molecule has 1 saturated heterocycles. The van der Waals surface area contributed by atoms with Gasteiger partial charge in [0.2, 0.25) is 11.8 Å². The summed E-state index contributed by atoms with van der Waals surface area (Å²) in [5.41, 5.74) is 0. The second-order valence-corrected chi connectivity index (χ2v) is 4.23. The van der Waals surface area contributed by atoms with Crippen molar-refractivity contribution in [3.05, 3.63) is 12.3 Å². The van der Waals surface area contributed by atoms with Gasteiger partial charge < -0.3 is 10.1 Å². The third-order valence-corrected chi connectivity index (χ3v) is 3.24. The Balaban J connectivity index is 1.88. The summed E-state index contributed by atoms with van der Waals surface area (Å²) in [6, 6.07) is 2.36. The van der Waals surface area contributed by atoms with Crippen molar-refractivity contribution < 1.29 is 4.74 Å². The highest BCUT2D eigenvalue weighted by Crippen LogP contribution is 2.17. The zero-order chi connectivity index (χ0) is 12.1. The monoisotopic (exact) mass is 236 g/mol. The smallest absolute Gasteiger partial charge is 0.225 e. The van der Waals surface area contributed by atoms with Gasteiger partial charge in [0.25, 0.3) is 0 Å². The lowest BCUT2D eigenvalue weighted by molar-refractivity contribution is 0.276. The molecule has 17 heavy (non-hydrogen) atoms. The summed E-state index contributed by atoms with van der Waals surface area (Å²) in [4.78, 5) is 10.9. The highest BCUT2D eigenvalue weighted by molar-refractivity contribution is 5.27. The normalized spacial score (nSPS) is 20.5. The Bertz CT molecular complexity index is 358. The van der Waals surface area contributed by atoms with E-state index < -0.39 is 0 Å². The van der Waals surface area contributed by atoms with Crippen LogP contribution >= 0.6 is 0 Å². The van der Waals surface area contributed by atoms with E-state index in [-0.39, 0.29) is 0 Å². The Labute approximate surface area is 102 Å². The van der Waals surface area contributed by atoms with Crippen LogP contribution in [0.15, 0.2) is 12.3 Å². The number of likely N-dealkylation sites (N-methyl/N-ethyl adjacent to an activating group) is 1. The molecule has 1 aromatic rings. The number of nitrogens with zero attached hydrogens (tertiary/aromatic N) is 3. The molecule has 0 aliphatic carbocycles. The standard InChI is InChI=1S/C12H20N4O/c1-3-16-8-4-5-10(16)9-14-12-13-7-6-11(15-12)17-2/h6-7,10H,3-5,8-9H2,1-2H3,(H,13,14,15). The minimum Gasteiger partial charge on any atom is -0.481 e. The molecule has 0 aromatic carbocycles. The second kappa shape index (κ2) is 5.82. The van der Waals surface area contributed by atoms with Gasteiger partial charge >= 0.3 is 0 Å². The van der Waals surface area contributed by atoms with Gasteiger partial charge in [-0.15, -0.1) is 0 Å². The highest BCUT2D eigenvalue weighted by Gasteiger charge is 2.22. The fraction of sp³-hybridized carbons (Fsp3) is 0.667. The quantitative estimate of drug-likeness (QED) is 0.837. The van der Waals surface area contributed by atoms with Crippen molar-refractivity contribution in [3.63, 3.8) is 0 Å². The lowest BCUT2D eigenvalue weighted by Crippen LogP contribution is -2.34. The lowest BCUT2D eigenvalue weighted by atomic mass is 10.2. The average molecular weight is 236 g/mol. The van der Waals surface area contributed by atoms with Crippen molar-refractivity contribution in [2.75, 3.05) is 32.1 Å². The van der Waals surface area contributed by atoms with Crippen LogP contribution in [0.2, 0.25) is 0 Å². The minimum atomic E-state index is 0.598. The Morgan fingerprint density at radius 3 is 3.24 bits per heavy atom. The van der Waals surface area contributed by atoms with E-state index in [0.29, 0.717) is 17.9 Å². The third kappa shape index (κ3) is 3.06. The first kappa shape index (κ1) is 12.1. The number of likely N-dealkylation sites (tertiary alicyclic amines) is 1. The van der Waals surface area contributed by atoms with Crippen LogP contribution in [0.5, 0.6) is 5.88 Å². The topological polar surface area (TPSA) is 50.3 Å². The molecule has 0 spiro atoms. The second-order valence-electron chi connectivity index (χ2n) is 4.23. The number of ether oxygens (including phenoxy) is 1. The SMILES string of the molecule is CCN1CCCC1CNc1nccc(OC)n1. The van der Waals surface area contributed by atoms with E-state index in [1.165, 1.54) is 19.4 Å². The zero-order valence-electron chi connectivity index (χ0n) is 10.5. The largest absolute Gasteiger partial charge is 0.481 e. The number of anilines is 1. The van der Waals surface area contributed by atoms with E-state index in [9.17, 15) is 0 Å². The van der Waals surface area contributed by atoms with Crippen LogP contribution in [-0.4, -0.2) is 47.7 Å². The molecule has 94 valence electrons.